The average Bonchev–Trinajstić information content (AvgIpc) is 2.89. The van der Waals surface area contributed by atoms with Crippen LogP contribution >= 0.6 is 0 Å². The van der Waals surface area contributed by atoms with Crippen molar-refractivity contribution in [3.05, 3.63) is 34.4 Å². The summed E-state index contributed by atoms with van der Waals surface area (Å²) in [5.74, 6) is -1.46. The first-order chi connectivity index (χ1) is 10.8. The number of carbonyl (C=O) groups is 1. The summed E-state index contributed by atoms with van der Waals surface area (Å²) in [7, 11) is 0. The fourth-order valence-electron chi connectivity index (χ4n) is 1.95. The molecule has 0 aliphatic heterocycles. The Morgan fingerprint density at radius 2 is 2.00 bits per heavy atom. The second-order valence-electron chi connectivity index (χ2n) is 4.49. The van der Waals surface area contributed by atoms with Gasteiger partial charge in [-0.25, -0.2) is 9.59 Å². The monoisotopic (exact) mass is 330 g/mol. The Hall–Kier alpha value is -2.65. The first-order valence-electron chi connectivity index (χ1n) is 6.71. The Kier molecular flexibility index (Phi) is 4.52. The van der Waals surface area contributed by atoms with Crippen molar-refractivity contribution in [2.24, 2.45) is 0 Å². The summed E-state index contributed by atoms with van der Waals surface area (Å²) in [6, 6.07) is 0.733. The third-order valence-corrected chi connectivity index (χ3v) is 3.15. The molecule has 0 aliphatic carbocycles. The fraction of sp³-hybridized carbons (Fsp3) is 0.385. The normalized spacial score (nSPS) is 11.5. The molecule has 0 radical (unpaired) electrons. The summed E-state index contributed by atoms with van der Waals surface area (Å²) in [6.45, 7) is 4.01. The van der Waals surface area contributed by atoms with Gasteiger partial charge in [0.2, 0.25) is 5.82 Å². The molecular formula is C13H13F3N4O3. The van der Waals surface area contributed by atoms with Gasteiger partial charge in [-0.05, 0) is 26.0 Å². The zero-order valence-corrected chi connectivity index (χ0v) is 12.3. The third kappa shape index (κ3) is 3.25. The molecule has 124 valence electrons. The number of rotatable bonds is 3. The Labute approximate surface area is 128 Å². The zero-order valence-electron chi connectivity index (χ0n) is 12.3. The molecule has 2 aromatic heterocycles. The predicted octanol–water partition coefficient (Wildman–Crippen LogP) is 2.23. The van der Waals surface area contributed by atoms with Crippen LogP contribution in [0.25, 0.3) is 11.5 Å². The van der Waals surface area contributed by atoms with E-state index in [1.54, 1.807) is 13.8 Å². The van der Waals surface area contributed by atoms with Crippen molar-refractivity contribution in [1.29, 1.82) is 0 Å². The highest BCUT2D eigenvalue weighted by atomic mass is 19.4. The van der Waals surface area contributed by atoms with E-state index in [4.69, 9.17) is 0 Å². The van der Waals surface area contributed by atoms with Crippen LogP contribution < -0.4 is 5.76 Å². The summed E-state index contributed by atoms with van der Waals surface area (Å²) in [6.07, 6.45) is -3.67. The van der Waals surface area contributed by atoms with Crippen LogP contribution in [0.5, 0.6) is 0 Å². The first kappa shape index (κ1) is 16.7. The molecular weight excluding hydrogens is 317 g/mol. The van der Waals surface area contributed by atoms with Crippen LogP contribution in [-0.4, -0.2) is 38.7 Å². The highest BCUT2D eigenvalue weighted by molar-refractivity contribution is 5.80. The van der Waals surface area contributed by atoms with Gasteiger partial charge in [-0.1, -0.05) is 5.16 Å². The molecule has 0 bridgehead atoms. The van der Waals surface area contributed by atoms with Crippen molar-refractivity contribution in [2.45, 2.75) is 20.0 Å². The van der Waals surface area contributed by atoms with E-state index >= 15 is 0 Å². The molecule has 0 saturated heterocycles. The summed E-state index contributed by atoms with van der Waals surface area (Å²) >= 11 is 0. The lowest BCUT2D eigenvalue weighted by Crippen LogP contribution is -2.38. The van der Waals surface area contributed by atoms with E-state index in [1.165, 1.54) is 4.90 Å². The van der Waals surface area contributed by atoms with E-state index < -0.39 is 23.5 Å². The van der Waals surface area contributed by atoms with Gasteiger partial charge >= 0.3 is 18.0 Å². The van der Waals surface area contributed by atoms with Crippen molar-refractivity contribution in [1.82, 2.24) is 19.6 Å². The number of pyridine rings is 1. The summed E-state index contributed by atoms with van der Waals surface area (Å²) in [4.78, 5) is 29.1. The van der Waals surface area contributed by atoms with E-state index in [2.05, 4.69) is 14.7 Å². The predicted molar refractivity (Wildman–Crippen MR) is 72.7 cm³/mol. The van der Waals surface area contributed by atoms with Crippen LogP contribution in [0.2, 0.25) is 0 Å². The summed E-state index contributed by atoms with van der Waals surface area (Å²) < 4.78 is 43.3. The average molecular weight is 330 g/mol. The highest BCUT2D eigenvalue weighted by Crippen LogP contribution is 2.30. The molecule has 1 amide bonds. The van der Waals surface area contributed by atoms with Gasteiger partial charge in [-0.15, -0.1) is 0 Å². The molecule has 0 saturated carbocycles. The molecule has 0 fully saturated rings. The largest absolute Gasteiger partial charge is 0.450 e. The standard InChI is InChI=1S/C13H13F3N4O3/c1-3-19(4-2)11(21)20-10(18-23-12(20)22)9-7-8(5-6-17-9)13(14,15)16/h5-7H,3-4H2,1-2H3. The second-order valence-corrected chi connectivity index (χ2v) is 4.49. The van der Waals surface area contributed by atoms with E-state index in [9.17, 15) is 22.8 Å². The number of halogens is 3. The molecule has 0 aliphatic rings. The van der Waals surface area contributed by atoms with Gasteiger partial charge in [-0.3, -0.25) is 9.51 Å². The number of carbonyl (C=O) groups excluding carboxylic acids is 1. The second kappa shape index (κ2) is 6.23. The number of amides is 1. The topological polar surface area (TPSA) is 81.2 Å². The van der Waals surface area contributed by atoms with Crippen LogP contribution in [0.15, 0.2) is 27.6 Å². The lowest BCUT2D eigenvalue weighted by Gasteiger charge is -2.18. The SMILES string of the molecule is CCN(CC)C(=O)n1c(-c2cc(C(F)(F)F)ccn2)noc1=O. The Morgan fingerprint density at radius 1 is 1.35 bits per heavy atom. The van der Waals surface area contributed by atoms with Gasteiger partial charge in [0.1, 0.15) is 5.69 Å². The minimum Gasteiger partial charge on any atom is -0.324 e. The Morgan fingerprint density at radius 3 is 2.57 bits per heavy atom. The summed E-state index contributed by atoms with van der Waals surface area (Å²) in [5, 5.41) is 3.38. The minimum atomic E-state index is -4.59. The van der Waals surface area contributed by atoms with E-state index in [0.29, 0.717) is 23.7 Å². The van der Waals surface area contributed by atoms with Crippen LogP contribution in [0, 0.1) is 0 Å². The van der Waals surface area contributed by atoms with Gasteiger partial charge in [0, 0.05) is 19.3 Å². The molecule has 0 N–H and O–H groups in total. The number of hydrogen-bond acceptors (Lipinski definition) is 5. The van der Waals surface area contributed by atoms with Gasteiger partial charge in [0.25, 0.3) is 0 Å². The maximum absolute atomic E-state index is 12.8. The van der Waals surface area contributed by atoms with E-state index in [-0.39, 0.29) is 11.5 Å². The van der Waals surface area contributed by atoms with Crippen molar-refractivity contribution in [3.8, 4) is 11.5 Å². The minimum absolute atomic E-state index is 0.286. The zero-order chi connectivity index (χ0) is 17.2. The smallest absolute Gasteiger partial charge is 0.324 e. The molecule has 0 spiro atoms. The molecule has 2 heterocycles. The molecule has 0 unspecified atom stereocenters. The molecule has 2 aromatic rings. The van der Waals surface area contributed by atoms with Crippen LogP contribution in [0.4, 0.5) is 18.0 Å². The molecule has 0 aromatic carbocycles. The lowest BCUT2D eigenvalue weighted by atomic mass is 10.2. The highest BCUT2D eigenvalue weighted by Gasteiger charge is 2.32. The van der Waals surface area contributed by atoms with Crippen molar-refractivity contribution >= 4 is 6.03 Å². The Balaban J connectivity index is 2.55. The van der Waals surface area contributed by atoms with E-state index in [0.717, 1.165) is 12.3 Å². The molecule has 23 heavy (non-hydrogen) atoms. The molecule has 0 atom stereocenters. The van der Waals surface area contributed by atoms with Crippen molar-refractivity contribution in [2.75, 3.05) is 13.1 Å². The van der Waals surface area contributed by atoms with Crippen LogP contribution in [0.3, 0.4) is 0 Å². The van der Waals surface area contributed by atoms with Gasteiger partial charge in [-0.2, -0.15) is 17.7 Å². The van der Waals surface area contributed by atoms with Crippen molar-refractivity contribution < 1.29 is 22.5 Å². The van der Waals surface area contributed by atoms with Gasteiger partial charge in [0.05, 0.1) is 5.56 Å². The maximum atomic E-state index is 12.8. The molecule has 2 rings (SSSR count). The quantitative estimate of drug-likeness (QED) is 0.862. The van der Waals surface area contributed by atoms with Gasteiger partial charge < -0.3 is 4.90 Å². The first-order valence-corrected chi connectivity index (χ1v) is 6.71. The molecule has 10 heteroatoms. The fourth-order valence-corrected chi connectivity index (χ4v) is 1.95. The van der Waals surface area contributed by atoms with Crippen molar-refractivity contribution in [3.63, 3.8) is 0 Å². The van der Waals surface area contributed by atoms with E-state index in [1.807, 2.05) is 0 Å². The number of aromatic nitrogens is 3. The Bertz CT molecular complexity index is 762. The maximum Gasteiger partial charge on any atom is 0.450 e. The lowest BCUT2D eigenvalue weighted by molar-refractivity contribution is -0.137. The van der Waals surface area contributed by atoms with Crippen LogP contribution in [0.1, 0.15) is 19.4 Å². The third-order valence-electron chi connectivity index (χ3n) is 3.15. The molecule has 7 nitrogen and oxygen atoms in total. The number of nitrogens with zero attached hydrogens (tertiary/aromatic N) is 4. The number of alkyl halides is 3. The summed E-state index contributed by atoms with van der Waals surface area (Å²) in [5.41, 5.74) is -1.26. The number of hydrogen-bond donors (Lipinski definition) is 0. The van der Waals surface area contributed by atoms with Gasteiger partial charge in [0.15, 0.2) is 0 Å². The van der Waals surface area contributed by atoms with Crippen LogP contribution in [-0.2, 0) is 6.18 Å².